The molecular weight excluding hydrogens is 314 g/mol. The van der Waals surface area contributed by atoms with Crippen LogP contribution in [0.25, 0.3) is 0 Å². The van der Waals surface area contributed by atoms with Gasteiger partial charge >= 0.3 is 0 Å². The van der Waals surface area contributed by atoms with Crippen LogP contribution in [0.15, 0.2) is 54.6 Å². The summed E-state index contributed by atoms with van der Waals surface area (Å²) in [5.74, 6) is 4.51. The lowest BCUT2D eigenvalue weighted by molar-refractivity contribution is -0.115. The van der Waals surface area contributed by atoms with Crippen molar-refractivity contribution in [2.75, 3.05) is 22.6 Å². The van der Waals surface area contributed by atoms with Crippen molar-refractivity contribution in [1.29, 1.82) is 0 Å². The zero-order valence-corrected chi connectivity index (χ0v) is 13.7. The molecule has 2 aromatic carbocycles. The Hall–Kier alpha value is -1.59. The minimum Gasteiger partial charge on any atom is -0.455 e. The van der Waals surface area contributed by atoms with E-state index in [1.165, 1.54) is 0 Å². The number of ether oxygens (including phenoxy) is 1. The first-order chi connectivity index (χ1) is 10.8. The van der Waals surface area contributed by atoms with E-state index in [0.29, 0.717) is 11.4 Å². The van der Waals surface area contributed by atoms with Gasteiger partial charge in [0.15, 0.2) is 5.75 Å². The van der Waals surface area contributed by atoms with Crippen LogP contribution in [-0.4, -0.2) is 28.4 Å². The summed E-state index contributed by atoms with van der Waals surface area (Å²) in [6.45, 7) is 0. The SMILES string of the molecule is O=C(Nc1ccccc1Oc1ccccc1)C1CSCCS1. The van der Waals surface area contributed by atoms with E-state index in [1.807, 2.05) is 66.4 Å². The molecule has 0 aliphatic carbocycles. The molecule has 1 fully saturated rings. The molecule has 114 valence electrons. The molecule has 0 radical (unpaired) electrons. The molecule has 2 aromatic rings. The van der Waals surface area contributed by atoms with Crippen LogP contribution in [0.4, 0.5) is 5.69 Å². The molecule has 1 aliphatic rings. The van der Waals surface area contributed by atoms with Gasteiger partial charge in [-0.05, 0) is 24.3 Å². The minimum atomic E-state index is 0.0172. The van der Waals surface area contributed by atoms with E-state index < -0.39 is 0 Å². The lowest BCUT2D eigenvalue weighted by Crippen LogP contribution is -2.30. The highest BCUT2D eigenvalue weighted by Gasteiger charge is 2.23. The Morgan fingerprint density at radius 3 is 2.59 bits per heavy atom. The van der Waals surface area contributed by atoms with E-state index in [-0.39, 0.29) is 11.2 Å². The van der Waals surface area contributed by atoms with Crippen LogP contribution in [0, 0.1) is 0 Å². The van der Waals surface area contributed by atoms with Gasteiger partial charge in [-0.25, -0.2) is 0 Å². The van der Waals surface area contributed by atoms with Gasteiger partial charge in [0.25, 0.3) is 0 Å². The second kappa shape index (κ2) is 7.61. The van der Waals surface area contributed by atoms with Crippen LogP contribution in [-0.2, 0) is 4.79 Å². The Bertz CT molecular complexity index is 628. The number of carbonyl (C=O) groups excluding carboxylic acids is 1. The zero-order chi connectivity index (χ0) is 15.2. The van der Waals surface area contributed by atoms with Gasteiger partial charge in [-0.2, -0.15) is 11.8 Å². The molecule has 1 amide bonds. The normalized spacial score (nSPS) is 17.7. The first-order valence-electron chi connectivity index (χ1n) is 7.15. The molecule has 22 heavy (non-hydrogen) atoms. The zero-order valence-electron chi connectivity index (χ0n) is 12.0. The number of benzene rings is 2. The smallest absolute Gasteiger partial charge is 0.238 e. The number of thioether (sulfide) groups is 2. The maximum atomic E-state index is 12.4. The predicted molar refractivity (Wildman–Crippen MR) is 95.2 cm³/mol. The predicted octanol–water partition coefficient (Wildman–Crippen LogP) is 4.27. The van der Waals surface area contributed by atoms with Gasteiger partial charge in [-0.1, -0.05) is 30.3 Å². The standard InChI is InChI=1S/C17H17NO2S2/c19-17(16-12-21-10-11-22-16)18-14-8-4-5-9-15(14)20-13-6-2-1-3-7-13/h1-9,16H,10-12H2,(H,18,19). The average molecular weight is 331 g/mol. The van der Waals surface area contributed by atoms with E-state index in [4.69, 9.17) is 4.74 Å². The van der Waals surface area contributed by atoms with Crippen LogP contribution in [0.3, 0.4) is 0 Å². The molecule has 1 saturated heterocycles. The molecule has 1 heterocycles. The van der Waals surface area contributed by atoms with Crippen LogP contribution in [0.5, 0.6) is 11.5 Å². The van der Waals surface area contributed by atoms with Crippen molar-refractivity contribution >= 4 is 35.1 Å². The van der Waals surface area contributed by atoms with Crippen molar-refractivity contribution in [3.8, 4) is 11.5 Å². The first kappa shape index (κ1) is 15.3. The van der Waals surface area contributed by atoms with Crippen molar-refractivity contribution < 1.29 is 9.53 Å². The van der Waals surface area contributed by atoms with Crippen LogP contribution < -0.4 is 10.1 Å². The van der Waals surface area contributed by atoms with Crippen LogP contribution in [0.2, 0.25) is 0 Å². The van der Waals surface area contributed by atoms with Gasteiger partial charge < -0.3 is 10.1 Å². The van der Waals surface area contributed by atoms with Gasteiger partial charge in [0.1, 0.15) is 5.75 Å². The number of rotatable bonds is 4. The molecule has 1 unspecified atom stereocenters. The second-order valence-electron chi connectivity index (χ2n) is 4.83. The monoisotopic (exact) mass is 331 g/mol. The summed E-state index contributed by atoms with van der Waals surface area (Å²) in [6.07, 6.45) is 0. The Morgan fingerprint density at radius 2 is 1.82 bits per heavy atom. The van der Waals surface area contributed by atoms with Crippen molar-refractivity contribution in [3.05, 3.63) is 54.6 Å². The molecule has 1 aliphatic heterocycles. The average Bonchev–Trinajstić information content (AvgIpc) is 2.58. The summed E-state index contributed by atoms with van der Waals surface area (Å²) < 4.78 is 5.87. The third-order valence-electron chi connectivity index (χ3n) is 3.22. The number of hydrogen-bond donors (Lipinski definition) is 1. The van der Waals surface area contributed by atoms with E-state index in [1.54, 1.807) is 11.8 Å². The highest BCUT2D eigenvalue weighted by molar-refractivity contribution is 8.07. The van der Waals surface area contributed by atoms with Crippen molar-refractivity contribution in [1.82, 2.24) is 0 Å². The number of hydrogen-bond acceptors (Lipinski definition) is 4. The number of carbonyl (C=O) groups is 1. The molecule has 1 N–H and O–H groups in total. The maximum absolute atomic E-state index is 12.4. The Labute approximate surface area is 138 Å². The maximum Gasteiger partial charge on any atom is 0.238 e. The van der Waals surface area contributed by atoms with Gasteiger partial charge in [-0.3, -0.25) is 4.79 Å². The molecule has 0 aromatic heterocycles. The number of para-hydroxylation sites is 3. The number of nitrogens with one attached hydrogen (secondary N) is 1. The van der Waals surface area contributed by atoms with E-state index in [2.05, 4.69) is 5.32 Å². The lowest BCUT2D eigenvalue weighted by Gasteiger charge is -2.21. The highest BCUT2D eigenvalue weighted by atomic mass is 32.2. The summed E-state index contributed by atoms with van der Waals surface area (Å²) in [7, 11) is 0. The molecule has 0 bridgehead atoms. The molecule has 0 saturated carbocycles. The summed E-state index contributed by atoms with van der Waals surface area (Å²) >= 11 is 3.56. The topological polar surface area (TPSA) is 38.3 Å². The fourth-order valence-corrected chi connectivity index (χ4v) is 4.68. The van der Waals surface area contributed by atoms with Crippen LogP contribution >= 0.6 is 23.5 Å². The molecule has 0 spiro atoms. The molecule has 5 heteroatoms. The van der Waals surface area contributed by atoms with E-state index in [0.717, 1.165) is 23.0 Å². The van der Waals surface area contributed by atoms with Crippen molar-refractivity contribution in [3.63, 3.8) is 0 Å². The molecular formula is C17H17NO2S2. The fraction of sp³-hybridized carbons (Fsp3) is 0.235. The van der Waals surface area contributed by atoms with E-state index in [9.17, 15) is 4.79 Å². The summed E-state index contributed by atoms with van der Waals surface area (Å²) in [5, 5.41) is 3.02. The van der Waals surface area contributed by atoms with Gasteiger partial charge in [0.05, 0.1) is 10.9 Å². The van der Waals surface area contributed by atoms with E-state index >= 15 is 0 Å². The quantitative estimate of drug-likeness (QED) is 0.908. The Kier molecular flexibility index (Phi) is 5.29. The first-order valence-corrected chi connectivity index (χ1v) is 9.35. The third kappa shape index (κ3) is 3.99. The second-order valence-corrected chi connectivity index (χ2v) is 7.30. The Morgan fingerprint density at radius 1 is 1.05 bits per heavy atom. The Balaban J connectivity index is 1.72. The van der Waals surface area contributed by atoms with Crippen molar-refractivity contribution in [2.24, 2.45) is 0 Å². The highest BCUT2D eigenvalue weighted by Crippen LogP contribution is 2.31. The molecule has 3 nitrogen and oxygen atoms in total. The summed E-state index contributed by atoms with van der Waals surface area (Å²) in [4.78, 5) is 12.4. The third-order valence-corrected chi connectivity index (χ3v) is 5.98. The summed E-state index contributed by atoms with van der Waals surface area (Å²) in [5.41, 5.74) is 0.715. The number of amides is 1. The largest absolute Gasteiger partial charge is 0.455 e. The summed E-state index contributed by atoms with van der Waals surface area (Å²) in [6, 6.07) is 17.1. The number of anilines is 1. The van der Waals surface area contributed by atoms with Crippen LogP contribution in [0.1, 0.15) is 0 Å². The molecule has 3 rings (SSSR count). The molecule has 1 atom stereocenters. The van der Waals surface area contributed by atoms with Gasteiger partial charge in [0, 0.05) is 17.3 Å². The minimum absolute atomic E-state index is 0.0172. The van der Waals surface area contributed by atoms with Gasteiger partial charge in [0.2, 0.25) is 5.91 Å². The van der Waals surface area contributed by atoms with Crippen molar-refractivity contribution in [2.45, 2.75) is 5.25 Å². The lowest BCUT2D eigenvalue weighted by atomic mass is 10.2. The fourth-order valence-electron chi connectivity index (χ4n) is 2.13. The van der Waals surface area contributed by atoms with Gasteiger partial charge in [-0.15, -0.1) is 11.8 Å².